The molecular formula is C20H17ClN4OS. The Bertz CT molecular complexity index is 1090. The molecule has 136 valence electrons. The monoisotopic (exact) mass is 396 g/mol. The molecular weight excluding hydrogens is 380 g/mol. The molecule has 0 aliphatic carbocycles. The molecule has 27 heavy (non-hydrogen) atoms. The molecule has 0 unspecified atom stereocenters. The molecule has 5 nitrogen and oxygen atoms in total. The van der Waals surface area contributed by atoms with Gasteiger partial charge in [0, 0.05) is 28.3 Å². The molecule has 1 aromatic carbocycles. The number of hydrogen-bond acceptors (Lipinski definition) is 3. The van der Waals surface area contributed by atoms with Gasteiger partial charge in [0.05, 0.1) is 5.57 Å². The first-order chi connectivity index (χ1) is 12.9. The number of nitrogens with zero attached hydrogens (tertiary/aromatic N) is 3. The fourth-order valence-electron chi connectivity index (χ4n) is 3.24. The van der Waals surface area contributed by atoms with Gasteiger partial charge in [-0.25, -0.2) is 0 Å². The number of nitrogens with one attached hydrogen (secondary N) is 1. The summed E-state index contributed by atoms with van der Waals surface area (Å²) in [6, 6.07) is 7.95. The number of hydrogen-bond donors (Lipinski definition) is 1. The predicted octanol–water partition coefficient (Wildman–Crippen LogP) is 4.83. The van der Waals surface area contributed by atoms with E-state index < -0.39 is 0 Å². The van der Waals surface area contributed by atoms with Gasteiger partial charge in [-0.15, -0.1) is 0 Å². The summed E-state index contributed by atoms with van der Waals surface area (Å²) in [6.07, 6.45) is 3.50. The fraction of sp³-hybridized carbons (Fsp3) is 0.150. The molecule has 4 rings (SSSR count). The normalized spacial score (nSPS) is 17.7. The van der Waals surface area contributed by atoms with Crippen LogP contribution in [0.4, 0.5) is 0 Å². The molecule has 0 saturated heterocycles. The van der Waals surface area contributed by atoms with Crippen LogP contribution < -0.4 is 0 Å². The highest BCUT2D eigenvalue weighted by Gasteiger charge is 2.31. The van der Waals surface area contributed by atoms with Crippen molar-refractivity contribution < 1.29 is 4.79 Å². The Morgan fingerprint density at radius 3 is 2.74 bits per heavy atom. The van der Waals surface area contributed by atoms with Crippen molar-refractivity contribution in [1.82, 2.24) is 9.47 Å². The average molecular weight is 397 g/mol. The van der Waals surface area contributed by atoms with E-state index in [2.05, 4.69) is 9.56 Å². The van der Waals surface area contributed by atoms with Gasteiger partial charge in [-0.3, -0.25) is 15.1 Å². The molecule has 1 amide bonds. The second kappa shape index (κ2) is 6.55. The molecule has 0 radical (unpaired) electrons. The van der Waals surface area contributed by atoms with Crippen LogP contribution >= 0.6 is 23.4 Å². The molecule has 0 bridgehead atoms. The second-order valence-electron chi connectivity index (χ2n) is 6.47. The van der Waals surface area contributed by atoms with Crippen molar-refractivity contribution in [3.63, 3.8) is 0 Å². The third kappa shape index (κ3) is 2.95. The van der Waals surface area contributed by atoms with Gasteiger partial charge in [-0.05, 0) is 61.6 Å². The van der Waals surface area contributed by atoms with Crippen LogP contribution in [0.1, 0.15) is 22.5 Å². The zero-order valence-electron chi connectivity index (χ0n) is 15.1. The summed E-state index contributed by atoms with van der Waals surface area (Å²) >= 11 is 7.64. The van der Waals surface area contributed by atoms with Crippen LogP contribution in [-0.2, 0) is 4.79 Å². The molecule has 2 aliphatic rings. The van der Waals surface area contributed by atoms with E-state index in [4.69, 9.17) is 17.0 Å². The lowest BCUT2D eigenvalue weighted by molar-refractivity contribution is -0.114. The highest BCUT2D eigenvalue weighted by molar-refractivity contribution is 8.16. The number of carbonyl (C=O) groups excluding carboxylic acids is 1. The Labute approximate surface area is 166 Å². The second-order valence-corrected chi connectivity index (χ2v) is 7.75. The predicted molar refractivity (Wildman–Crippen MR) is 112 cm³/mol. The van der Waals surface area contributed by atoms with Crippen LogP contribution in [0.5, 0.6) is 0 Å². The third-order valence-electron chi connectivity index (χ3n) is 4.70. The van der Waals surface area contributed by atoms with E-state index >= 15 is 0 Å². The van der Waals surface area contributed by atoms with E-state index in [9.17, 15) is 4.79 Å². The van der Waals surface area contributed by atoms with Gasteiger partial charge in [0.1, 0.15) is 5.84 Å². The number of carbonyl (C=O) groups is 1. The molecule has 1 aromatic heterocycles. The van der Waals surface area contributed by atoms with Gasteiger partial charge < -0.3 is 4.57 Å². The Morgan fingerprint density at radius 2 is 2.00 bits per heavy atom. The van der Waals surface area contributed by atoms with Crippen molar-refractivity contribution >= 4 is 46.3 Å². The van der Waals surface area contributed by atoms with E-state index in [0.29, 0.717) is 10.2 Å². The van der Waals surface area contributed by atoms with Crippen LogP contribution in [0.15, 0.2) is 46.4 Å². The number of aryl methyl sites for hydroxylation is 2. The molecule has 2 aliphatic heterocycles. The summed E-state index contributed by atoms with van der Waals surface area (Å²) in [5, 5.41) is 11.4. The van der Waals surface area contributed by atoms with Crippen LogP contribution in [0, 0.1) is 26.2 Å². The smallest absolute Gasteiger partial charge is 0.283 e. The summed E-state index contributed by atoms with van der Waals surface area (Å²) in [5.74, 6) is -0.236. The van der Waals surface area contributed by atoms with E-state index in [1.54, 1.807) is 17.2 Å². The molecule has 7 heteroatoms. The zero-order chi connectivity index (χ0) is 19.3. The van der Waals surface area contributed by atoms with Crippen molar-refractivity contribution in [2.24, 2.45) is 4.99 Å². The maximum Gasteiger partial charge on any atom is 0.283 e. The molecule has 0 saturated carbocycles. The van der Waals surface area contributed by atoms with E-state index in [1.165, 1.54) is 11.8 Å². The van der Waals surface area contributed by atoms with Crippen LogP contribution in [0.25, 0.3) is 11.8 Å². The highest BCUT2D eigenvalue weighted by Crippen LogP contribution is 2.30. The number of benzene rings is 1. The Morgan fingerprint density at radius 1 is 1.22 bits per heavy atom. The van der Waals surface area contributed by atoms with Gasteiger partial charge in [0.2, 0.25) is 0 Å². The number of aliphatic imine (C=N–C) groups is 1. The molecule has 0 spiro atoms. The van der Waals surface area contributed by atoms with Crippen molar-refractivity contribution in [2.75, 3.05) is 0 Å². The molecule has 0 atom stereocenters. The number of rotatable bonds is 2. The summed E-state index contributed by atoms with van der Waals surface area (Å²) < 4.78 is 2.09. The Balaban J connectivity index is 1.79. The Hall–Kier alpha value is -2.57. The lowest BCUT2D eigenvalue weighted by atomic mass is 10.1. The number of thioether (sulfide) groups is 1. The minimum absolute atomic E-state index is 0.148. The summed E-state index contributed by atoms with van der Waals surface area (Å²) in [7, 11) is 0. The average Bonchev–Trinajstić information content (AvgIpc) is 3.19. The first-order valence-electron chi connectivity index (χ1n) is 8.38. The van der Waals surface area contributed by atoms with Crippen LogP contribution in [-0.4, -0.2) is 26.4 Å². The number of amidine groups is 2. The number of aromatic nitrogens is 1. The van der Waals surface area contributed by atoms with Gasteiger partial charge in [0.25, 0.3) is 5.91 Å². The van der Waals surface area contributed by atoms with Gasteiger partial charge in [-0.1, -0.05) is 29.4 Å². The van der Waals surface area contributed by atoms with Gasteiger partial charge >= 0.3 is 0 Å². The molecule has 0 fully saturated rings. The van der Waals surface area contributed by atoms with Crippen LogP contribution in [0.2, 0.25) is 5.02 Å². The lowest BCUT2D eigenvalue weighted by Gasteiger charge is -2.22. The summed E-state index contributed by atoms with van der Waals surface area (Å²) in [4.78, 5) is 18.1. The zero-order valence-corrected chi connectivity index (χ0v) is 16.6. The minimum Gasteiger partial charge on any atom is -0.318 e. The number of amides is 1. The third-order valence-corrected chi connectivity index (χ3v) is 5.86. The minimum atomic E-state index is -0.384. The van der Waals surface area contributed by atoms with Crippen molar-refractivity contribution in [3.8, 4) is 5.69 Å². The van der Waals surface area contributed by atoms with E-state index in [-0.39, 0.29) is 17.3 Å². The quantitative estimate of drug-likeness (QED) is 0.739. The van der Waals surface area contributed by atoms with E-state index in [0.717, 1.165) is 28.2 Å². The highest BCUT2D eigenvalue weighted by atomic mass is 35.5. The largest absolute Gasteiger partial charge is 0.318 e. The molecule has 1 N–H and O–H groups in total. The lowest BCUT2D eigenvalue weighted by Crippen LogP contribution is -2.35. The van der Waals surface area contributed by atoms with Crippen molar-refractivity contribution in [3.05, 3.63) is 69.0 Å². The van der Waals surface area contributed by atoms with Crippen molar-refractivity contribution in [2.45, 2.75) is 20.8 Å². The fourth-order valence-corrected chi connectivity index (χ4v) is 4.12. The number of halogens is 1. The van der Waals surface area contributed by atoms with Crippen molar-refractivity contribution in [1.29, 1.82) is 5.41 Å². The molecule has 3 heterocycles. The summed E-state index contributed by atoms with van der Waals surface area (Å²) in [5.41, 5.74) is 5.16. The standard InChI is InChI=1S/C20H17ClN4OS/c1-11-4-5-15(10-17(11)21)25-12(2)8-14(13(25)3)9-16-18(22)24-6-7-27-20(24)23-19(16)26/h4-10,22H,1-3H3. The summed E-state index contributed by atoms with van der Waals surface area (Å²) in [6.45, 7) is 5.97. The van der Waals surface area contributed by atoms with E-state index in [1.807, 2.05) is 50.4 Å². The topological polar surface area (TPSA) is 61.5 Å². The maximum absolute atomic E-state index is 12.4. The SMILES string of the molecule is Cc1ccc(-n2c(C)cc(C=C3C(=N)N4C=CSC4=NC3=O)c2C)cc1Cl. The van der Waals surface area contributed by atoms with Gasteiger partial charge in [-0.2, -0.15) is 4.99 Å². The first kappa shape index (κ1) is 17.8. The molecule has 2 aromatic rings. The van der Waals surface area contributed by atoms with Gasteiger partial charge in [0.15, 0.2) is 5.17 Å². The maximum atomic E-state index is 12.4. The Kier molecular flexibility index (Phi) is 4.32. The number of fused-ring (bicyclic) bond motifs is 1. The van der Waals surface area contributed by atoms with Crippen LogP contribution in [0.3, 0.4) is 0 Å². The first-order valence-corrected chi connectivity index (χ1v) is 9.64.